The lowest BCUT2D eigenvalue weighted by atomic mass is 9.70. The highest BCUT2D eigenvalue weighted by Gasteiger charge is 2.46. The quantitative estimate of drug-likeness (QED) is 0.656. The number of halogens is 1. The summed E-state index contributed by atoms with van der Waals surface area (Å²) in [5.74, 6) is -1.09. The monoisotopic (exact) mass is 406 g/mol. The lowest BCUT2D eigenvalue weighted by Gasteiger charge is -2.37. The lowest BCUT2D eigenvalue weighted by Crippen LogP contribution is -2.46. The van der Waals surface area contributed by atoms with Gasteiger partial charge in [-0.1, -0.05) is 30.7 Å². The molecule has 6 heteroatoms. The van der Waals surface area contributed by atoms with Gasteiger partial charge in [-0.15, -0.1) is 0 Å². The van der Waals surface area contributed by atoms with Crippen LogP contribution in [0, 0.1) is 11.8 Å². The Morgan fingerprint density at radius 3 is 2.64 bits per heavy atom. The van der Waals surface area contributed by atoms with Crippen LogP contribution >= 0.6 is 11.6 Å². The van der Waals surface area contributed by atoms with Crippen LogP contribution in [-0.2, 0) is 14.3 Å². The van der Waals surface area contributed by atoms with Crippen molar-refractivity contribution in [1.82, 2.24) is 0 Å². The molecule has 0 amide bonds. The Balaban J connectivity index is 2.40. The Morgan fingerprint density at radius 1 is 1.43 bits per heavy atom. The number of hydrogen-bond acceptors (Lipinski definition) is 5. The molecule has 0 saturated heterocycles. The molecule has 1 aliphatic carbocycles. The predicted molar refractivity (Wildman–Crippen MR) is 108 cm³/mol. The van der Waals surface area contributed by atoms with Gasteiger partial charge in [0.25, 0.3) is 0 Å². The van der Waals surface area contributed by atoms with Crippen molar-refractivity contribution < 1.29 is 24.5 Å². The number of ether oxygens (including phenoxy) is 1. The van der Waals surface area contributed by atoms with Gasteiger partial charge in [-0.05, 0) is 51.0 Å². The zero-order valence-corrected chi connectivity index (χ0v) is 17.6. The Bertz CT molecular complexity index is 824. The SMILES string of the molecule is C/C=C(\Cl)C(=O)[C@@](C)(O)[C@H]1CC(=O)C(C)=C2C=C(/C=C/[C@@H](C)[C@@H](C)O)OC=C21. The lowest BCUT2D eigenvalue weighted by molar-refractivity contribution is -0.136. The normalized spacial score (nSPS) is 24.8. The molecule has 0 aromatic rings. The number of fused-ring (bicyclic) bond motifs is 1. The molecule has 5 nitrogen and oxygen atoms in total. The molecule has 2 N–H and O–H groups in total. The molecule has 0 saturated carbocycles. The summed E-state index contributed by atoms with van der Waals surface area (Å²) in [7, 11) is 0. The van der Waals surface area contributed by atoms with Crippen LogP contribution in [0.3, 0.4) is 0 Å². The van der Waals surface area contributed by atoms with Gasteiger partial charge >= 0.3 is 0 Å². The summed E-state index contributed by atoms with van der Waals surface area (Å²) in [6.45, 7) is 8.29. The maximum Gasteiger partial charge on any atom is 0.205 e. The van der Waals surface area contributed by atoms with E-state index in [0.717, 1.165) is 0 Å². The second-order valence-electron chi connectivity index (χ2n) is 7.53. The molecule has 1 heterocycles. The second kappa shape index (κ2) is 8.60. The number of hydrogen-bond donors (Lipinski definition) is 2. The number of carbonyl (C=O) groups excluding carboxylic acids is 2. The van der Waals surface area contributed by atoms with E-state index in [9.17, 15) is 19.8 Å². The number of ketones is 2. The van der Waals surface area contributed by atoms with Gasteiger partial charge in [0.15, 0.2) is 5.78 Å². The Kier molecular flexibility index (Phi) is 6.86. The average molecular weight is 407 g/mol. The molecule has 28 heavy (non-hydrogen) atoms. The van der Waals surface area contributed by atoms with Crippen LogP contribution < -0.4 is 0 Å². The highest BCUT2D eigenvalue weighted by molar-refractivity contribution is 6.43. The Labute approximate surface area is 170 Å². The molecule has 0 bridgehead atoms. The van der Waals surface area contributed by atoms with Crippen LogP contribution in [0.25, 0.3) is 0 Å². The van der Waals surface area contributed by atoms with E-state index in [2.05, 4.69) is 0 Å². The van der Waals surface area contributed by atoms with E-state index in [-0.39, 0.29) is 23.2 Å². The summed E-state index contributed by atoms with van der Waals surface area (Å²) in [5, 5.41) is 20.5. The molecular formula is C22H27ClO5. The van der Waals surface area contributed by atoms with Gasteiger partial charge in [0, 0.05) is 23.8 Å². The van der Waals surface area contributed by atoms with Crippen molar-refractivity contribution in [2.75, 3.05) is 0 Å². The molecule has 0 aromatic heterocycles. The van der Waals surface area contributed by atoms with E-state index >= 15 is 0 Å². The third-order valence-corrected chi connectivity index (χ3v) is 5.83. The smallest absolute Gasteiger partial charge is 0.205 e. The van der Waals surface area contributed by atoms with Crippen LogP contribution in [0.15, 0.2) is 58.1 Å². The molecule has 2 rings (SSSR count). The third-order valence-electron chi connectivity index (χ3n) is 5.44. The predicted octanol–water partition coefficient (Wildman–Crippen LogP) is 3.73. The van der Waals surface area contributed by atoms with Gasteiger partial charge in [-0.2, -0.15) is 0 Å². The molecule has 2 aliphatic rings. The van der Waals surface area contributed by atoms with Crippen LogP contribution in [0.2, 0.25) is 0 Å². The van der Waals surface area contributed by atoms with Gasteiger partial charge in [0.2, 0.25) is 5.78 Å². The van der Waals surface area contributed by atoms with Gasteiger partial charge in [-0.25, -0.2) is 0 Å². The minimum Gasteiger partial charge on any atom is -0.465 e. The number of aliphatic hydroxyl groups is 2. The van der Waals surface area contributed by atoms with Crippen LogP contribution in [0.1, 0.15) is 41.0 Å². The molecule has 0 unspecified atom stereocenters. The molecule has 0 aromatic carbocycles. The summed E-state index contributed by atoms with van der Waals surface area (Å²) in [6, 6.07) is 0. The number of aliphatic hydroxyl groups excluding tert-OH is 1. The maximum atomic E-state index is 12.6. The zero-order chi connectivity index (χ0) is 21.2. The van der Waals surface area contributed by atoms with Crippen molar-refractivity contribution in [2.24, 2.45) is 11.8 Å². The largest absolute Gasteiger partial charge is 0.465 e. The van der Waals surface area contributed by atoms with Crippen LogP contribution in [0.4, 0.5) is 0 Å². The first-order chi connectivity index (χ1) is 13.0. The first-order valence-electron chi connectivity index (χ1n) is 9.28. The highest BCUT2D eigenvalue weighted by atomic mass is 35.5. The zero-order valence-electron chi connectivity index (χ0n) is 16.8. The number of allylic oxidation sites excluding steroid dienone is 5. The molecule has 4 atom stereocenters. The first kappa shape index (κ1) is 22.3. The van der Waals surface area contributed by atoms with Gasteiger partial charge in [-0.3, -0.25) is 9.59 Å². The van der Waals surface area contributed by atoms with Crippen molar-refractivity contribution in [2.45, 2.75) is 52.7 Å². The number of rotatable bonds is 6. The van der Waals surface area contributed by atoms with Crippen molar-refractivity contribution in [3.05, 3.63) is 58.1 Å². The minimum atomic E-state index is -1.84. The Hall–Kier alpha value is -1.95. The summed E-state index contributed by atoms with van der Waals surface area (Å²) in [4.78, 5) is 25.1. The molecule has 152 valence electrons. The molecule has 0 radical (unpaired) electrons. The molecule has 0 fully saturated rings. The average Bonchev–Trinajstić information content (AvgIpc) is 2.67. The van der Waals surface area contributed by atoms with E-state index < -0.39 is 23.4 Å². The summed E-state index contributed by atoms with van der Waals surface area (Å²) >= 11 is 5.94. The fourth-order valence-electron chi connectivity index (χ4n) is 3.18. The summed E-state index contributed by atoms with van der Waals surface area (Å²) in [5.41, 5.74) is -0.0542. The van der Waals surface area contributed by atoms with E-state index in [0.29, 0.717) is 22.5 Å². The summed E-state index contributed by atoms with van der Waals surface area (Å²) in [6.07, 6.45) is 7.67. The van der Waals surface area contributed by atoms with Crippen LogP contribution in [-0.4, -0.2) is 33.5 Å². The fourth-order valence-corrected chi connectivity index (χ4v) is 3.37. The van der Waals surface area contributed by atoms with E-state index in [1.807, 2.05) is 13.0 Å². The van der Waals surface area contributed by atoms with Crippen molar-refractivity contribution in [3.8, 4) is 0 Å². The fraction of sp³-hybridized carbons (Fsp3) is 0.455. The second-order valence-corrected chi connectivity index (χ2v) is 7.94. The number of carbonyl (C=O) groups is 2. The van der Waals surface area contributed by atoms with E-state index in [1.165, 1.54) is 19.3 Å². The van der Waals surface area contributed by atoms with Gasteiger partial charge < -0.3 is 14.9 Å². The third kappa shape index (κ3) is 4.37. The highest BCUT2D eigenvalue weighted by Crippen LogP contribution is 2.43. The maximum absolute atomic E-state index is 12.6. The van der Waals surface area contributed by atoms with Crippen molar-refractivity contribution >= 4 is 23.2 Å². The molecule has 1 aliphatic heterocycles. The first-order valence-corrected chi connectivity index (χ1v) is 9.66. The van der Waals surface area contributed by atoms with Crippen molar-refractivity contribution in [3.63, 3.8) is 0 Å². The standard InChI is InChI=1S/C22H27ClO5/c1-6-19(23)21(26)22(5,27)18-10-20(25)13(3)16-9-15(28-11-17(16)18)8-7-12(2)14(4)24/h6-9,11-12,14,18,24,27H,10H2,1-5H3/b8-7+,19-6-/t12-,14-,18+,22+/m1/s1. The summed E-state index contributed by atoms with van der Waals surface area (Å²) < 4.78 is 5.67. The Morgan fingerprint density at radius 2 is 2.07 bits per heavy atom. The molecule has 0 spiro atoms. The van der Waals surface area contributed by atoms with Gasteiger partial charge in [0.05, 0.1) is 17.4 Å². The minimum absolute atomic E-state index is 0.00474. The van der Waals surface area contributed by atoms with Crippen LogP contribution in [0.5, 0.6) is 0 Å². The number of Topliss-reactive ketones (excluding diaryl/α,β-unsaturated/α-hetero) is 2. The van der Waals surface area contributed by atoms with Crippen molar-refractivity contribution in [1.29, 1.82) is 0 Å². The van der Waals surface area contributed by atoms with Gasteiger partial charge in [0.1, 0.15) is 11.4 Å². The van der Waals surface area contributed by atoms with E-state index in [1.54, 1.807) is 32.9 Å². The van der Waals surface area contributed by atoms with E-state index in [4.69, 9.17) is 16.3 Å². The molecular weight excluding hydrogens is 380 g/mol. The topological polar surface area (TPSA) is 83.8 Å².